The maximum Gasteiger partial charge on any atom is 0.326 e. The van der Waals surface area contributed by atoms with Crippen LogP contribution >= 0.6 is 0 Å². The van der Waals surface area contributed by atoms with Crippen LogP contribution in [0.3, 0.4) is 0 Å². The molecule has 1 heterocycles. The Bertz CT molecular complexity index is 670. The van der Waals surface area contributed by atoms with Crippen molar-refractivity contribution in [1.29, 1.82) is 0 Å². The number of aliphatic carboxylic acids is 1. The zero-order chi connectivity index (χ0) is 13.7. The molecule has 18 heavy (non-hydrogen) atoms. The summed E-state index contributed by atoms with van der Waals surface area (Å²) in [7, 11) is 0. The third-order valence-electron chi connectivity index (χ3n) is 2.16. The second-order valence-corrected chi connectivity index (χ2v) is 3.36. The minimum Gasteiger partial charge on any atom is -0.481 e. The van der Waals surface area contributed by atoms with Crippen LogP contribution in [0.5, 0.6) is 0 Å². The van der Waals surface area contributed by atoms with E-state index in [0.717, 1.165) is 0 Å². The second kappa shape index (κ2) is 5.81. The van der Waals surface area contributed by atoms with E-state index < -0.39 is 17.2 Å². The molecular weight excluding hydrogens is 236 g/mol. The van der Waals surface area contributed by atoms with Gasteiger partial charge in [-0.15, -0.1) is 0 Å². The number of nitrogens with one attached hydrogen (secondary N) is 2. The molecule has 6 heteroatoms. The number of benzene rings is 1. The van der Waals surface area contributed by atoms with Crippen LogP contribution in [0, 0.1) is 0 Å². The molecule has 0 amide bonds. The van der Waals surface area contributed by atoms with Crippen LogP contribution in [0.2, 0.25) is 0 Å². The molecule has 0 aliphatic heterocycles. The summed E-state index contributed by atoms with van der Waals surface area (Å²) in [6, 6.07) is 4.52. The number of hydrogen-bond acceptors (Lipinski definition) is 3. The van der Waals surface area contributed by atoms with Crippen molar-refractivity contribution in [1.82, 2.24) is 9.97 Å². The largest absolute Gasteiger partial charge is 0.481 e. The van der Waals surface area contributed by atoms with E-state index in [-0.39, 0.29) is 6.42 Å². The van der Waals surface area contributed by atoms with Crippen LogP contribution in [0.1, 0.15) is 19.4 Å². The summed E-state index contributed by atoms with van der Waals surface area (Å²) in [5.41, 5.74) is -0.223. The van der Waals surface area contributed by atoms with E-state index in [9.17, 15) is 14.4 Å². The standard InChI is InChI=1S/C10H8N2O4.C2H6/c13-8(14)4-5-1-2-6-7(3-5)11-10(16)12-9(6)15;1-2/h1-3H,4H2,(H,13,14)(H2,11,12,15,16);1-2H3. The highest BCUT2D eigenvalue weighted by atomic mass is 16.4. The summed E-state index contributed by atoms with van der Waals surface area (Å²) in [5.74, 6) is -0.966. The molecule has 0 aliphatic rings. The normalized spacial score (nSPS) is 9.67. The summed E-state index contributed by atoms with van der Waals surface area (Å²) in [6.07, 6.45) is -0.148. The summed E-state index contributed by atoms with van der Waals surface area (Å²) >= 11 is 0. The van der Waals surface area contributed by atoms with Gasteiger partial charge in [0.05, 0.1) is 17.3 Å². The molecule has 0 radical (unpaired) electrons. The molecule has 0 fully saturated rings. The molecule has 96 valence electrons. The van der Waals surface area contributed by atoms with Crippen LogP contribution in [-0.4, -0.2) is 21.0 Å². The molecule has 0 atom stereocenters. The molecule has 0 saturated heterocycles. The lowest BCUT2D eigenvalue weighted by Gasteiger charge is -1.99. The predicted molar refractivity (Wildman–Crippen MR) is 67.9 cm³/mol. The first kappa shape index (κ1) is 13.7. The average molecular weight is 250 g/mol. The fourth-order valence-electron chi connectivity index (χ4n) is 1.50. The van der Waals surface area contributed by atoms with Gasteiger partial charge in [0.15, 0.2) is 0 Å². The monoisotopic (exact) mass is 250 g/mol. The molecule has 0 aliphatic carbocycles. The number of aromatic amines is 2. The molecule has 2 rings (SSSR count). The molecule has 0 spiro atoms. The Morgan fingerprint density at radius 2 is 1.89 bits per heavy atom. The summed E-state index contributed by atoms with van der Waals surface area (Å²) in [5, 5.41) is 8.94. The minimum atomic E-state index is -0.966. The van der Waals surface area contributed by atoms with Gasteiger partial charge in [-0.05, 0) is 17.7 Å². The Morgan fingerprint density at radius 1 is 1.22 bits per heavy atom. The van der Waals surface area contributed by atoms with Gasteiger partial charge in [-0.2, -0.15) is 0 Å². The molecule has 2 aromatic rings. The highest BCUT2D eigenvalue weighted by molar-refractivity contribution is 5.79. The SMILES string of the molecule is CC.O=C(O)Cc1ccc2c(=O)[nH]c(=O)[nH]c2c1. The quantitative estimate of drug-likeness (QED) is 0.735. The van der Waals surface area contributed by atoms with Crippen molar-refractivity contribution in [3.63, 3.8) is 0 Å². The van der Waals surface area contributed by atoms with Crippen molar-refractivity contribution in [2.24, 2.45) is 0 Å². The average Bonchev–Trinajstić information content (AvgIpc) is 2.30. The third-order valence-corrected chi connectivity index (χ3v) is 2.16. The number of aromatic nitrogens is 2. The summed E-state index contributed by atoms with van der Waals surface area (Å²) in [6.45, 7) is 4.00. The van der Waals surface area contributed by atoms with E-state index in [2.05, 4.69) is 9.97 Å². The van der Waals surface area contributed by atoms with Crippen LogP contribution in [-0.2, 0) is 11.2 Å². The maximum atomic E-state index is 11.3. The van der Waals surface area contributed by atoms with Gasteiger partial charge in [-0.3, -0.25) is 14.6 Å². The number of H-pyrrole nitrogens is 2. The number of carbonyl (C=O) groups is 1. The number of hydrogen-bond donors (Lipinski definition) is 3. The topological polar surface area (TPSA) is 103 Å². The van der Waals surface area contributed by atoms with E-state index in [1.165, 1.54) is 12.1 Å². The third kappa shape index (κ3) is 3.07. The maximum absolute atomic E-state index is 11.3. The van der Waals surface area contributed by atoms with Crippen molar-refractivity contribution in [2.75, 3.05) is 0 Å². The van der Waals surface area contributed by atoms with Crippen molar-refractivity contribution < 1.29 is 9.90 Å². The molecule has 3 N–H and O–H groups in total. The highest BCUT2D eigenvalue weighted by Crippen LogP contribution is 2.09. The molecule has 0 saturated carbocycles. The van der Waals surface area contributed by atoms with Crippen LogP contribution < -0.4 is 11.2 Å². The predicted octanol–water partition coefficient (Wildman–Crippen LogP) is 0.870. The van der Waals surface area contributed by atoms with Gasteiger partial charge in [0.25, 0.3) is 5.56 Å². The molecule has 6 nitrogen and oxygen atoms in total. The van der Waals surface area contributed by atoms with Gasteiger partial charge in [-0.25, -0.2) is 4.79 Å². The van der Waals surface area contributed by atoms with E-state index in [1.807, 2.05) is 13.8 Å². The Labute approximate surface area is 102 Å². The Kier molecular flexibility index (Phi) is 4.42. The Hall–Kier alpha value is -2.37. The number of rotatable bonds is 2. The number of carboxylic acid groups (broad SMARTS) is 1. The van der Waals surface area contributed by atoms with Crippen LogP contribution in [0.15, 0.2) is 27.8 Å². The smallest absolute Gasteiger partial charge is 0.326 e. The number of carboxylic acids is 1. The summed E-state index contributed by atoms with van der Waals surface area (Å²) in [4.78, 5) is 37.4. The summed E-state index contributed by atoms with van der Waals surface area (Å²) < 4.78 is 0. The highest BCUT2D eigenvalue weighted by Gasteiger charge is 2.04. The van der Waals surface area contributed by atoms with E-state index >= 15 is 0 Å². The number of fused-ring (bicyclic) bond motifs is 1. The first-order valence-corrected chi connectivity index (χ1v) is 5.53. The first-order valence-electron chi connectivity index (χ1n) is 5.53. The van der Waals surface area contributed by atoms with Crippen molar-refractivity contribution in [3.8, 4) is 0 Å². The van der Waals surface area contributed by atoms with Gasteiger partial charge < -0.3 is 10.1 Å². The van der Waals surface area contributed by atoms with Crippen LogP contribution in [0.4, 0.5) is 0 Å². The Morgan fingerprint density at radius 3 is 2.50 bits per heavy atom. The van der Waals surface area contributed by atoms with Gasteiger partial charge >= 0.3 is 11.7 Å². The molecule has 0 bridgehead atoms. The van der Waals surface area contributed by atoms with Crippen LogP contribution in [0.25, 0.3) is 10.9 Å². The fourth-order valence-corrected chi connectivity index (χ4v) is 1.50. The lowest BCUT2D eigenvalue weighted by molar-refractivity contribution is -0.136. The van der Waals surface area contributed by atoms with Crippen molar-refractivity contribution >= 4 is 16.9 Å². The van der Waals surface area contributed by atoms with Crippen molar-refractivity contribution in [3.05, 3.63) is 44.6 Å². The van der Waals surface area contributed by atoms with Crippen molar-refractivity contribution in [2.45, 2.75) is 20.3 Å². The van der Waals surface area contributed by atoms with E-state index in [1.54, 1.807) is 6.07 Å². The minimum absolute atomic E-state index is 0.148. The van der Waals surface area contributed by atoms with E-state index in [4.69, 9.17) is 5.11 Å². The lowest BCUT2D eigenvalue weighted by Crippen LogP contribution is -2.21. The van der Waals surface area contributed by atoms with Gasteiger partial charge in [0, 0.05) is 0 Å². The molecule has 1 aromatic carbocycles. The fraction of sp³-hybridized carbons (Fsp3) is 0.250. The van der Waals surface area contributed by atoms with E-state index in [0.29, 0.717) is 16.5 Å². The Balaban J connectivity index is 0.000000771. The second-order valence-electron chi connectivity index (χ2n) is 3.36. The van der Waals surface area contributed by atoms with Gasteiger partial charge in [0.2, 0.25) is 0 Å². The first-order chi connectivity index (χ1) is 8.56. The van der Waals surface area contributed by atoms with Gasteiger partial charge in [-0.1, -0.05) is 19.9 Å². The molecule has 1 aromatic heterocycles. The zero-order valence-corrected chi connectivity index (χ0v) is 10.1. The molecule has 0 unspecified atom stereocenters. The molecular formula is C12H14N2O4. The van der Waals surface area contributed by atoms with Gasteiger partial charge in [0.1, 0.15) is 0 Å². The zero-order valence-electron chi connectivity index (χ0n) is 10.1. The lowest BCUT2D eigenvalue weighted by atomic mass is 10.1.